The summed E-state index contributed by atoms with van der Waals surface area (Å²) in [5.41, 5.74) is 2.71. The van der Waals surface area contributed by atoms with Crippen molar-refractivity contribution in [3.63, 3.8) is 0 Å². The average molecular weight is 229 g/mol. The minimum Gasteiger partial charge on any atom is -0.297 e. The van der Waals surface area contributed by atoms with E-state index in [2.05, 4.69) is 56.3 Å². The van der Waals surface area contributed by atoms with E-state index in [0.717, 1.165) is 19.3 Å². The number of rotatable bonds is 6. The predicted molar refractivity (Wildman–Crippen MR) is 74.9 cm³/mol. The fourth-order valence-corrected chi connectivity index (χ4v) is 1.96. The topological polar surface area (TPSA) is 12.0 Å². The molecular weight excluding hydrogens is 206 g/mol. The second-order valence-corrected chi connectivity index (χ2v) is 4.35. The molecule has 0 saturated carbocycles. The monoisotopic (exact) mass is 229 g/mol. The van der Waals surface area contributed by atoms with Gasteiger partial charge in [0.25, 0.3) is 0 Å². The Labute approximate surface area is 106 Å². The first-order chi connectivity index (χ1) is 8.24. The third-order valence-electron chi connectivity index (χ3n) is 3.21. The zero-order valence-corrected chi connectivity index (χ0v) is 11.2. The highest BCUT2D eigenvalue weighted by atomic mass is 14.9. The van der Waals surface area contributed by atoms with Crippen LogP contribution < -0.4 is 5.32 Å². The Kier molecular flexibility index (Phi) is 5.80. The van der Waals surface area contributed by atoms with Crippen LogP contribution in [0.4, 0.5) is 0 Å². The highest BCUT2D eigenvalue weighted by Gasteiger charge is 2.12. The van der Waals surface area contributed by atoms with Crippen LogP contribution in [-0.2, 0) is 6.42 Å². The van der Waals surface area contributed by atoms with Crippen LogP contribution in [-0.4, -0.2) is 6.04 Å². The van der Waals surface area contributed by atoms with Crippen LogP contribution in [0.3, 0.4) is 0 Å². The summed E-state index contributed by atoms with van der Waals surface area (Å²) in [6.07, 6.45) is 8.62. The zero-order valence-electron chi connectivity index (χ0n) is 11.2. The molecule has 17 heavy (non-hydrogen) atoms. The molecule has 0 aliphatic rings. The molecule has 1 aromatic carbocycles. The lowest BCUT2D eigenvalue weighted by Crippen LogP contribution is -2.30. The fourth-order valence-electron chi connectivity index (χ4n) is 1.96. The van der Waals surface area contributed by atoms with Crippen molar-refractivity contribution in [1.82, 2.24) is 5.32 Å². The summed E-state index contributed by atoms with van der Waals surface area (Å²) in [5, 5.41) is 3.52. The molecule has 1 aromatic rings. The van der Waals surface area contributed by atoms with Gasteiger partial charge in [0.05, 0.1) is 6.04 Å². The van der Waals surface area contributed by atoms with Crippen molar-refractivity contribution < 1.29 is 0 Å². The highest BCUT2D eigenvalue weighted by molar-refractivity contribution is 5.25. The second kappa shape index (κ2) is 7.14. The summed E-state index contributed by atoms with van der Waals surface area (Å²) in [5.74, 6) is 2.80. The van der Waals surface area contributed by atoms with Crippen molar-refractivity contribution >= 4 is 0 Å². The highest BCUT2D eigenvalue weighted by Crippen LogP contribution is 2.18. The van der Waals surface area contributed by atoms with E-state index in [-0.39, 0.29) is 6.04 Å². The van der Waals surface area contributed by atoms with Gasteiger partial charge in [0.2, 0.25) is 0 Å². The molecule has 2 atom stereocenters. The van der Waals surface area contributed by atoms with Crippen LogP contribution in [0.15, 0.2) is 24.3 Å². The summed E-state index contributed by atoms with van der Waals surface area (Å²) < 4.78 is 0. The summed E-state index contributed by atoms with van der Waals surface area (Å²) in [4.78, 5) is 0. The summed E-state index contributed by atoms with van der Waals surface area (Å²) in [6, 6.07) is 9.37. The number of aryl methyl sites for hydroxylation is 1. The van der Waals surface area contributed by atoms with E-state index in [1.165, 1.54) is 11.1 Å². The average Bonchev–Trinajstić information content (AvgIpc) is 2.40. The van der Waals surface area contributed by atoms with Crippen molar-refractivity contribution in [3.8, 4) is 12.3 Å². The molecule has 1 N–H and O–H groups in total. The molecule has 1 rings (SSSR count). The molecule has 0 fully saturated rings. The van der Waals surface area contributed by atoms with E-state index < -0.39 is 0 Å². The number of hydrogen-bond acceptors (Lipinski definition) is 1. The SMILES string of the molecule is C#CC(CC)NC(CC)c1ccc(CC)cc1. The third kappa shape index (κ3) is 3.91. The molecule has 0 aliphatic carbocycles. The number of nitrogens with one attached hydrogen (secondary N) is 1. The Balaban J connectivity index is 2.75. The largest absolute Gasteiger partial charge is 0.297 e. The van der Waals surface area contributed by atoms with Gasteiger partial charge in [-0.15, -0.1) is 6.42 Å². The van der Waals surface area contributed by atoms with Crippen LogP contribution in [0.5, 0.6) is 0 Å². The van der Waals surface area contributed by atoms with Crippen LogP contribution >= 0.6 is 0 Å². The molecule has 0 radical (unpaired) electrons. The smallest absolute Gasteiger partial charge is 0.0689 e. The first-order valence-electron chi connectivity index (χ1n) is 6.56. The van der Waals surface area contributed by atoms with Gasteiger partial charge in [-0.05, 0) is 30.4 Å². The minimum atomic E-state index is 0.172. The lowest BCUT2D eigenvalue weighted by molar-refractivity contribution is 0.472. The Morgan fingerprint density at radius 3 is 2.18 bits per heavy atom. The van der Waals surface area contributed by atoms with E-state index in [0.29, 0.717) is 6.04 Å². The second-order valence-electron chi connectivity index (χ2n) is 4.35. The maximum Gasteiger partial charge on any atom is 0.0689 e. The number of benzene rings is 1. The minimum absolute atomic E-state index is 0.172. The summed E-state index contributed by atoms with van der Waals surface area (Å²) >= 11 is 0. The van der Waals surface area contributed by atoms with E-state index in [4.69, 9.17) is 6.42 Å². The molecule has 0 amide bonds. The van der Waals surface area contributed by atoms with E-state index >= 15 is 0 Å². The van der Waals surface area contributed by atoms with Crippen molar-refractivity contribution in [3.05, 3.63) is 35.4 Å². The summed E-state index contributed by atoms with van der Waals surface area (Å²) in [6.45, 7) is 6.48. The van der Waals surface area contributed by atoms with Gasteiger partial charge >= 0.3 is 0 Å². The molecule has 0 aromatic heterocycles. The van der Waals surface area contributed by atoms with Crippen molar-refractivity contribution in [1.29, 1.82) is 0 Å². The lowest BCUT2D eigenvalue weighted by atomic mass is 10.0. The molecule has 2 unspecified atom stereocenters. The predicted octanol–water partition coefficient (Wildman–Crippen LogP) is 3.70. The first kappa shape index (κ1) is 13.8. The van der Waals surface area contributed by atoms with Crippen LogP contribution in [0, 0.1) is 12.3 Å². The van der Waals surface area contributed by atoms with E-state index in [9.17, 15) is 0 Å². The molecule has 0 heterocycles. The van der Waals surface area contributed by atoms with Gasteiger partial charge in [0.1, 0.15) is 0 Å². The Morgan fingerprint density at radius 2 is 1.76 bits per heavy atom. The van der Waals surface area contributed by atoms with Gasteiger partial charge in [0, 0.05) is 6.04 Å². The fraction of sp³-hybridized carbons (Fsp3) is 0.500. The standard InChI is InChI=1S/C16H23N/c1-5-13-9-11-14(12-10-13)16(8-4)17-15(6-2)7-3/h2,9-12,15-17H,5,7-8H2,1,3-4H3. The van der Waals surface area contributed by atoms with Crippen molar-refractivity contribution in [2.45, 2.75) is 52.1 Å². The Morgan fingerprint density at radius 1 is 1.12 bits per heavy atom. The van der Waals surface area contributed by atoms with Crippen molar-refractivity contribution in [2.75, 3.05) is 0 Å². The normalized spacial score (nSPS) is 14.0. The zero-order chi connectivity index (χ0) is 12.7. The lowest BCUT2D eigenvalue weighted by Gasteiger charge is -2.21. The maximum atomic E-state index is 5.50. The van der Waals surface area contributed by atoms with Gasteiger partial charge in [0.15, 0.2) is 0 Å². The van der Waals surface area contributed by atoms with Gasteiger partial charge in [-0.1, -0.05) is 51.0 Å². The third-order valence-corrected chi connectivity index (χ3v) is 3.21. The molecule has 0 spiro atoms. The molecule has 92 valence electrons. The van der Waals surface area contributed by atoms with Crippen LogP contribution in [0.1, 0.15) is 50.8 Å². The van der Waals surface area contributed by atoms with Crippen molar-refractivity contribution in [2.24, 2.45) is 0 Å². The van der Waals surface area contributed by atoms with Gasteiger partial charge in [-0.25, -0.2) is 0 Å². The quantitative estimate of drug-likeness (QED) is 0.733. The molecular formula is C16H23N. The molecule has 1 nitrogen and oxygen atoms in total. The Bertz CT molecular complexity index is 358. The van der Waals surface area contributed by atoms with Gasteiger partial charge in [-0.3, -0.25) is 5.32 Å². The van der Waals surface area contributed by atoms with Gasteiger partial charge < -0.3 is 0 Å². The molecule has 1 heteroatoms. The van der Waals surface area contributed by atoms with E-state index in [1.54, 1.807) is 0 Å². The number of hydrogen-bond donors (Lipinski definition) is 1. The van der Waals surface area contributed by atoms with Crippen LogP contribution in [0.2, 0.25) is 0 Å². The molecule has 0 bridgehead atoms. The van der Waals surface area contributed by atoms with Gasteiger partial charge in [-0.2, -0.15) is 0 Å². The van der Waals surface area contributed by atoms with Crippen LogP contribution in [0.25, 0.3) is 0 Å². The molecule has 0 aliphatic heterocycles. The van der Waals surface area contributed by atoms with E-state index in [1.807, 2.05) is 0 Å². The first-order valence-corrected chi connectivity index (χ1v) is 6.56. The summed E-state index contributed by atoms with van der Waals surface area (Å²) in [7, 11) is 0. The molecule has 0 saturated heterocycles. The number of terminal acetylenes is 1. The maximum absolute atomic E-state index is 5.50. The Hall–Kier alpha value is -1.26.